The van der Waals surface area contributed by atoms with Crippen molar-refractivity contribution in [2.24, 2.45) is 23.7 Å². The first-order valence-electron chi connectivity index (χ1n) is 19.7. The zero-order valence-electron chi connectivity index (χ0n) is 29.1. The maximum atomic E-state index is 10.9. The SMILES string of the molecule is CC1(C)c2ccccc2-c2cc3c4c5c(c(C#N)cc4n4c6cc(C#N)c7c(c6c(c21)c34)C1CC2CC(CC7C2)C1)C1CC2CC(C1)CC5C2. The fourth-order valence-corrected chi connectivity index (χ4v) is 14.8. The number of hydrogen-bond acceptors (Lipinski definition) is 2. The quantitative estimate of drug-likeness (QED) is 0.165. The summed E-state index contributed by atoms with van der Waals surface area (Å²) in [6.07, 6.45) is 12.9. The molecule has 0 saturated heterocycles. The number of aromatic nitrogens is 1. The van der Waals surface area contributed by atoms with Crippen LogP contribution in [0.3, 0.4) is 0 Å². The standard InChI is InChI=1S/C47H41N3/c1-47(2)35-6-4-3-5-32(35)33-19-34-42-36(17-30(20-48)38-26-9-22-7-23(10-26)14-28(13-22)40(38)42)50-37-18-31(21-49)39-27-11-24-8-25(12-27)16-29(15-24)41(39)43(37)44(45(33)47)46(34)50/h3-6,17-19,22-29H,7-16H2,1-2H3. The van der Waals surface area contributed by atoms with Gasteiger partial charge in [0.25, 0.3) is 0 Å². The molecule has 2 aromatic heterocycles. The molecule has 4 atom stereocenters. The first-order chi connectivity index (χ1) is 24.4. The third kappa shape index (κ3) is 3.00. The average Bonchev–Trinajstić information content (AvgIpc) is 3.58. The van der Waals surface area contributed by atoms with Gasteiger partial charge in [-0.15, -0.1) is 0 Å². The van der Waals surface area contributed by atoms with Gasteiger partial charge in [0.1, 0.15) is 0 Å². The molecule has 15 rings (SSSR count). The van der Waals surface area contributed by atoms with Crippen LogP contribution >= 0.6 is 0 Å². The van der Waals surface area contributed by atoms with E-state index in [2.05, 4.69) is 72.9 Å². The lowest BCUT2D eigenvalue weighted by molar-refractivity contribution is 0.166. The minimum Gasteiger partial charge on any atom is -0.308 e. The molecule has 9 aliphatic rings. The molecule has 2 heterocycles. The smallest absolute Gasteiger partial charge is 0.0995 e. The topological polar surface area (TPSA) is 52.0 Å². The largest absolute Gasteiger partial charge is 0.308 e. The number of nitrogens with zero attached hydrogens (tertiary/aromatic N) is 3. The highest BCUT2D eigenvalue weighted by Crippen LogP contribution is 2.64. The monoisotopic (exact) mass is 647 g/mol. The number of benzene rings is 4. The Morgan fingerprint density at radius 2 is 1.08 bits per heavy atom. The van der Waals surface area contributed by atoms with Crippen LogP contribution < -0.4 is 0 Å². The van der Waals surface area contributed by atoms with Gasteiger partial charge in [0, 0.05) is 27.0 Å². The maximum Gasteiger partial charge on any atom is 0.0995 e. The highest BCUT2D eigenvalue weighted by atomic mass is 14.9. The van der Waals surface area contributed by atoms with Crippen molar-refractivity contribution in [2.45, 2.75) is 107 Å². The van der Waals surface area contributed by atoms with E-state index in [1.165, 1.54) is 141 Å². The normalized spacial score (nSPS) is 31.9. The van der Waals surface area contributed by atoms with Crippen molar-refractivity contribution in [3.05, 3.63) is 87.0 Å². The van der Waals surface area contributed by atoms with Crippen LogP contribution in [0.2, 0.25) is 0 Å². The fraction of sp³-hybridized carbons (Fsp3) is 0.447. The van der Waals surface area contributed by atoms with E-state index in [1.807, 2.05) is 0 Å². The molecule has 0 aliphatic heterocycles. The molecular formula is C47H41N3. The Morgan fingerprint density at radius 1 is 0.580 bits per heavy atom. The van der Waals surface area contributed by atoms with Crippen molar-refractivity contribution < 1.29 is 0 Å². The number of hydrogen-bond donors (Lipinski definition) is 0. The molecule has 4 unspecified atom stereocenters. The van der Waals surface area contributed by atoms with Gasteiger partial charge in [0.05, 0.1) is 39.8 Å². The number of nitriles is 2. The molecule has 6 aromatic rings. The Kier molecular flexibility index (Phi) is 4.79. The van der Waals surface area contributed by atoms with Gasteiger partial charge < -0.3 is 4.40 Å². The predicted molar refractivity (Wildman–Crippen MR) is 199 cm³/mol. The molecule has 4 saturated carbocycles. The van der Waals surface area contributed by atoms with Gasteiger partial charge in [-0.25, -0.2) is 0 Å². The van der Waals surface area contributed by atoms with Gasteiger partial charge in [-0.1, -0.05) is 38.1 Å². The highest BCUT2D eigenvalue weighted by Gasteiger charge is 2.48. The molecule has 0 amide bonds. The third-order valence-corrected chi connectivity index (χ3v) is 16.0. The summed E-state index contributed by atoms with van der Waals surface area (Å²) in [6.45, 7) is 4.91. The summed E-state index contributed by atoms with van der Waals surface area (Å²) in [5, 5.41) is 27.6. The van der Waals surface area contributed by atoms with E-state index in [1.54, 1.807) is 5.56 Å². The Labute approximate surface area is 293 Å². The van der Waals surface area contributed by atoms with E-state index in [0.29, 0.717) is 23.7 Å². The number of fused-ring (bicyclic) bond motifs is 10. The first-order valence-corrected chi connectivity index (χ1v) is 19.7. The van der Waals surface area contributed by atoms with E-state index < -0.39 is 0 Å². The van der Waals surface area contributed by atoms with Crippen LogP contribution in [0.1, 0.15) is 146 Å². The van der Waals surface area contributed by atoms with E-state index in [4.69, 9.17) is 0 Å². The van der Waals surface area contributed by atoms with Gasteiger partial charge >= 0.3 is 0 Å². The molecule has 0 N–H and O–H groups in total. The zero-order chi connectivity index (χ0) is 32.9. The highest BCUT2D eigenvalue weighted by molar-refractivity contribution is 6.28. The van der Waals surface area contributed by atoms with Crippen LogP contribution in [0, 0.1) is 46.3 Å². The van der Waals surface area contributed by atoms with E-state index in [-0.39, 0.29) is 5.41 Å². The number of rotatable bonds is 0. The van der Waals surface area contributed by atoms with E-state index >= 15 is 0 Å². The fourth-order valence-electron chi connectivity index (χ4n) is 14.8. The Morgan fingerprint density at radius 3 is 1.64 bits per heavy atom. The lowest BCUT2D eigenvalue weighted by Gasteiger charge is -2.38. The van der Waals surface area contributed by atoms with Crippen molar-refractivity contribution in [1.82, 2.24) is 4.40 Å². The molecule has 50 heavy (non-hydrogen) atoms. The molecule has 4 fully saturated rings. The van der Waals surface area contributed by atoms with Crippen molar-refractivity contribution in [3.8, 4) is 23.3 Å². The summed E-state index contributed by atoms with van der Waals surface area (Å²) in [4.78, 5) is 0. The summed E-state index contributed by atoms with van der Waals surface area (Å²) in [5.74, 6) is 5.22. The van der Waals surface area contributed by atoms with Crippen LogP contribution in [0.4, 0.5) is 0 Å². The first kappa shape index (κ1) is 27.4. The van der Waals surface area contributed by atoms with Gasteiger partial charge in [0.15, 0.2) is 0 Å². The molecule has 0 radical (unpaired) electrons. The summed E-state index contributed by atoms with van der Waals surface area (Å²) in [6, 6.07) is 22.0. The van der Waals surface area contributed by atoms with Gasteiger partial charge in [-0.2, -0.15) is 10.5 Å². The minimum absolute atomic E-state index is 0.145. The lowest BCUT2D eigenvalue weighted by Crippen LogP contribution is -2.25. The maximum absolute atomic E-state index is 10.9. The summed E-state index contributed by atoms with van der Waals surface area (Å²) < 4.78 is 2.59. The van der Waals surface area contributed by atoms with E-state index in [0.717, 1.165) is 34.8 Å². The van der Waals surface area contributed by atoms with Crippen molar-refractivity contribution in [3.63, 3.8) is 0 Å². The van der Waals surface area contributed by atoms with Crippen LogP contribution in [0.25, 0.3) is 49.2 Å². The molecule has 8 bridgehead atoms. The summed E-state index contributed by atoms with van der Waals surface area (Å²) in [5.41, 5.74) is 17.1. The van der Waals surface area contributed by atoms with E-state index in [9.17, 15) is 10.5 Å². The molecule has 4 aromatic carbocycles. The zero-order valence-corrected chi connectivity index (χ0v) is 29.1. The molecule has 0 spiro atoms. The van der Waals surface area contributed by atoms with Crippen LogP contribution in [-0.2, 0) is 5.41 Å². The van der Waals surface area contributed by atoms with Gasteiger partial charge in [0.2, 0.25) is 0 Å². The second-order valence-electron chi connectivity index (χ2n) is 18.7. The van der Waals surface area contributed by atoms with Crippen LogP contribution in [0.5, 0.6) is 0 Å². The Bertz CT molecular complexity index is 2640. The van der Waals surface area contributed by atoms with Gasteiger partial charge in [-0.3, -0.25) is 0 Å². The second kappa shape index (κ2) is 8.75. The summed E-state index contributed by atoms with van der Waals surface area (Å²) >= 11 is 0. The lowest BCUT2D eigenvalue weighted by atomic mass is 9.67. The molecule has 3 nitrogen and oxygen atoms in total. The average molecular weight is 648 g/mol. The third-order valence-electron chi connectivity index (χ3n) is 16.0. The minimum atomic E-state index is -0.145. The van der Waals surface area contributed by atoms with Crippen LogP contribution in [-0.4, -0.2) is 4.40 Å². The second-order valence-corrected chi connectivity index (χ2v) is 18.7. The molecule has 244 valence electrons. The molecule has 9 aliphatic carbocycles. The Balaban J connectivity index is 1.29. The van der Waals surface area contributed by atoms with Crippen molar-refractivity contribution in [1.29, 1.82) is 10.5 Å². The van der Waals surface area contributed by atoms with Crippen molar-refractivity contribution >= 4 is 38.1 Å². The van der Waals surface area contributed by atoms with Gasteiger partial charge in [-0.05, 0) is 174 Å². The predicted octanol–water partition coefficient (Wildman–Crippen LogP) is 11.7. The molecule has 3 heteroatoms. The van der Waals surface area contributed by atoms with Crippen molar-refractivity contribution in [2.75, 3.05) is 0 Å². The van der Waals surface area contributed by atoms with Crippen LogP contribution in [0.15, 0.2) is 42.5 Å². The Hall–Kier alpha value is -4.34. The molecular weight excluding hydrogens is 607 g/mol. The summed E-state index contributed by atoms with van der Waals surface area (Å²) in [7, 11) is 0.